The summed E-state index contributed by atoms with van der Waals surface area (Å²) in [5, 5.41) is 20.0. The molecule has 0 atom stereocenters. The lowest BCUT2D eigenvalue weighted by Gasteiger charge is -1.98. The van der Waals surface area contributed by atoms with Crippen LogP contribution < -0.4 is 0 Å². The van der Waals surface area contributed by atoms with Crippen molar-refractivity contribution < 1.29 is 14.3 Å². The van der Waals surface area contributed by atoms with Crippen molar-refractivity contribution >= 4 is 33.8 Å². The lowest BCUT2D eigenvalue weighted by molar-refractivity contribution is 0.0991. The van der Waals surface area contributed by atoms with Gasteiger partial charge in [-0.25, -0.2) is 9.37 Å². The molecular formula is C20H15FN4O2S. The highest BCUT2D eigenvalue weighted by Crippen LogP contribution is 2.36. The number of H-pyrrole nitrogens is 1. The van der Waals surface area contributed by atoms with E-state index in [1.165, 1.54) is 35.1 Å². The second-order valence-electron chi connectivity index (χ2n) is 6.11. The number of hydrogen-bond donors (Lipinski definition) is 2. The Bertz CT molecular complexity index is 1190. The Morgan fingerprint density at radius 3 is 2.79 bits per heavy atom. The molecule has 0 aliphatic heterocycles. The van der Waals surface area contributed by atoms with E-state index in [2.05, 4.69) is 27.1 Å². The van der Waals surface area contributed by atoms with Crippen LogP contribution in [0.25, 0.3) is 21.5 Å². The summed E-state index contributed by atoms with van der Waals surface area (Å²) in [6.07, 6.45) is 0.951. The topological polar surface area (TPSA) is 90.7 Å². The number of nitrogens with one attached hydrogen (secondary N) is 1. The summed E-state index contributed by atoms with van der Waals surface area (Å²) in [6.45, 7) is 2.08. The zero-order valence-corrected chi connectivity index (χ0v) is 15.6. The lowest BCUT2D eigenvalue weighted by Crippen LogP contribution is -1.93. The lowest BCUT2D eigenvalue weighted by atomic mass is 10.1. The van der Waals surface area contributed by atoms with Gasteiger partial charge in [0, 0.05) is 16.3 Å². The summed E-state index contributed by atoms with van der Waals surface area (Å²) in [5.41, 5.74) is 2.80. The largest absolute Gasteiger partial charge is 0.493 e. The first kappa shape index (κ1) is 18.0. The van der Waals surface area contributed by atoms with Crippen molar-refractivity contribution in [2.75, 3.05) is 0 Å². The maximum Gasteiger partial charge on any atom is 0.314 e. The minimum Gasteiger partial charge on any atom is -0.493 e. The fourth-order valence-corrected chi connectivity index (χ4v) is 3.57. The van der Waals surface area contributed by atoms with Crippen LogP contribution in [-0.2, 0) is 6.42 Å². The number of aromatic amines is 1. The Balaban J connectivity index is 1.58. The molecule has 0 radical (unpaired) electrons. The zero-order valence-electron chi connectivity index (χ0n) is 14.8. The molecule has 2 N–H and O–H groups in total. The minimum absolute atomic E-state index is 0.00783. The third kappa shape index (κ3) is 3.41. The number of thiazole rings is 1. The van der Waals surface area contributed by atoms with Gasteiger partial charge in [0.1, 0.15) is 16.5 Å². The van der Waals surface area contributed by atoms with Crippen molar-refractivity contribution in [3.63, 3.8) is 0 Å². The molecule has 1 amide bonds. The highest BCUT2D eigenvalue weighted by Gasteiger charge is 2.14. The van der Waals surface area contributed by atoms with Crippen molar-refractivity contribution in [2.45, 2.75) is 13.3 Å². The van der Waals surface area contributed by atoms with E-state index >= 15 is 0 Å². The molecule has 0 bridgehead atoms. The number of rotatable bonds is 4. The summed E-state index contributed by atoms with van der Waals surface area (Å²) in [5.74, 6) is -1.41. The van der Waals surface area contributed by atoms with Crippen LogP contribution in [-0.4, -0.2) is 21.0 Å². The summed E-state index contributed by atoms with van der Waals surface area (Å²) in [6, 6.07) is 11.9. The number of aryl methyl sites for hydroxylation is 1. The van der Waals surface area contributed by atoms with Gasteiger partial charge in [0.25, 0.3) is 0 Å². The van der Waals surface area contributed by atoms with Crippen molar-refractivity contribution in [2.24, 2.45) is 10.2 Å². The van der Waals surface area contributed by atoms with Crippen molar-refractivity contribution in [1.29, 1.82) is 0 Å². The average molecular weight is 394 g/mol. The Hall–Kier alpha value is -3.39. The molecule has 140 valence electrons. The molecule has 6 nitrogen and oxygen atoms in total. The van der Waals surface area contributed by atoms with E-state index in [1.807, 2.05) is 24.3 Å². The fraction of sp³-hybridized carbons (Fsp3) is 0.100. The second-order valence-corrected chi connectivity index (χ2v) is 6.96. The molecule has 28 heavy (non-hydrogen) atoms. The van der Waals surface area contributed by atoms with E-state index in [9.17, 15) is 14.3 Å². The first-order chi connectivity index (χ1) is 13.5. The summed E-state index contributed by atoms with van der Waals surface area (Å²) in [7, 11) is 0. The van der Waals surface area contributed by atoms with Gasteiger partial charge >= 0.3 is 5.91 Å². The van der Waals surface area contributed by atoms with Crippen LogP contribution >= 0.6 is 11.3 Å². The maximum absolute atomic E-state index is 13.5. The first-order valence-electron chi connectivity index (χ1n) is 8.56. The van der Waals surface area contributed by atoms with Crippen molar-refractivity contribution in [3.8, 4) is 16.5 Å². The van der Waals surface area contributed by atoms with E-state index in [0.29, 0.717) is 15.9 Å². The number of hydrogen-bond acceptors (Lipinski definition) is 5. The Morgan fingerprint density at radius 1 is 1.25 bits per heavy atom. The van der Waals surface area contributed by atoms with E-state index < -0.39 is 11.7 Å². The molecule has 4 rings (SSSR count). The molecule has 8 heteroatoms. The predicted octanol–water partition coefficient (Wildman–Crippen LogP) is 5.62. The molecule has 0 unspecified atom stereocenters. The Labute approximate surface area is 163 Å². The Morgan fingerprint density at radius 2 is 2.04 bits per heavy atom. The number of amides is 1. The highest BCUT2D eigenvalue weighted by atomic mass is 32.1. The van der Waals surface area contributed by atoms with Gasteiger partial charge in [0.15, 0.2) is 5.69 Å². The van der Waals surface area contributed by atoms with Crippen molar-refractivity contribution in [3.05, 3.63) is 64.9 Å². The number of fused-ring (bicyclic) bond motifs is 1. The Kier molecular flexibility index (Phi) is 4.70. The quantitative estimate of drug-likeness (QED) is 0.440. The first-order valence-corrected chi connectivity index (χ1v) is 9.44. The standard InChI is InChI=1S/C20H15FN4O2S/c1-2-11-3-5-12(6-4-11)20-23-16(10-28-20)18(26)25-24-17-14-9-13(21)7-8-15(14)22-19(17)27/h3-10,22,27H,2H2,1H3. The molecule has 0 spiro atoms. The monoisotopic (exact) mass is 394 g/mol. The number of carbonyl (C=O) groups excluding carboxylic acids is 1. The van der Waals surface area contributed by atoms with Gasteiger partial charge in [-0.05, 0) is 30.2 Å². The number of halogens is 1. The SMILES string of the molecule is CCc1ccc(-c2nc(C(=O)N=Nc3c(O)[nH]c4ccc(F)cc34)cs2)cc1. The van der Waals surface area contributed by atoms with E-state index in [1.54, 1.807) is 5.38 Å². The minimum atomic E-state index is -0.641. The summed E-state index contributed by atoms with van der Waals surface area (Å²) in [4.78, 5) is 19.3. The molecule has 0 fully saturated rings. The fourth-order valence-electron chi connectivity index (χ4n) is 2.77. The van der Waals surface area contributed by atoms with Gasteiger partial charge in [0.05, 0.1) is 5.52 Å². The van der Waals surface area contributed by atoms with E-state index in [0.717, 1.165) is 12.0 Å². The molecule has 4 aromatic rings. The molecule has 2 aromatic carbocycles. The van der Waals surface area contributed by atoms with E-state index in [-0.39, 0.29) is 17.3 Å². The number of azo groups is 1. The second kappa shape index (κ2) is 7.32. The summed E-state index contributed by atoms with van der Waals surface area (Å²) < 4.78 is 13.5. The maximum atomic E-state index is 13.5. The number of aromatic hydroxyl groups is 1. The third-order valence-corrected chi connectivity index (χ3v) is 5.18. The van der Waals surface area contributed by atoms with Crippen LogP contribution in [0.5, 0.6) is 5.88 Å². The van der Waals surface area contributed by atoms with Gasteiger partial charge in [0.2, 0.25) is 5.88 Å². The van der Waals surface area contributed by atoms with Crippen LogP contribution in [0, 0.1) is 5.82 Å². The molecule has 0 aliphatic rings. The van der Waals surface area contributed by atoms with Crippen LogP contribution in [0.1, 0.15) is 23.0 Å². The van der Waals surface area contributed by atoms with Gasteiger partial charge in [-0.1, -0.05) is 31.2 Å². The van der Waals surface area contributed by atoms with Gasteiger partial charge < -0.3 is 10.1 Å². The smallest absolute Gasteiger partial charge is 0.314 e. The van der Waals surface area contributed by atoms with Crippen LogP contribution in [0.15, 0.2) is 58.1 Å². The van der Waals surface area contributed by atoms with Crippen LogP contribution in [0.4, 0.5) is 10.1 Å². The summed E-state index contributed by atoms with van der Waals surface area (Å²) >= 11 is 1.34. The zero-order chi connectivity index (χ0) is 19.7. The number of aromatic nitrogens is 2. The van der Waals surface area contributed by atoms with Gasteiger partial charge in [-0.15, -0.1) is 21.6 Å². The number of carbonyl (C=O) groups is 1. The molecule has 0 aliphatic carbocycles. The van der Waals surface area contributed by atoms with Gasteiger partial charge in [-0.2, -0.15) is 0 Å². The normalized spacial score (nSPS) is 11.5. The predicted molar refractivity (Wildman–Crippen MR) is 106 cm³/mol. The molecule has 2 aromatic heterocycles. The molecule has 0 saturated heterocycles. The highest BCUT2D eigenvalue weighted by molar-refractivity contribution is 7.13. The molecule has 0 saturated carbocycles. The molecular weight excluding hydrogens is 379 g/mol. The van der Waals surface area contributed by atoms with Crippen LogP contribution in [0.2, 0.25) is 0 Å². The van der Waals surface area contributed by atoms with E-state index in [4.69, 9.17) is 0 Å². The van der Waals surface area contributed by atoms with Gasteiger partial charge in [-0.3, -0.25) is 4.79 Å². The van der Waals surface area contributed by atoms with Crippen molar-refractivity contribution in [1.82, 2.24) is 9.97 Å². The number of nitrogens with zero attached hydrogens (tertiary/aromatic N) is 3. The number of benzene rings is 2. The average Bonchev–Trinajstić information content (AvgIpc) is 3.31. The third-order valence-electron chi connectivity index (χ3n) is 4.29. The molecule has 2 heterocycles. The van der Waals surface area contributed by atoms with Crippen LogP contribution in [0.3, 0.4) is 0 Å².